The van der Waals surface area contributed by atoms with Gasteiger partial charge in [-0.15, -0.1) is 0 Å². The third kappa shape index (κ3) is 1.82. The van der Waals surface area contributed by atoms with Gasteiger partial charge in [0.05, 0.1) is 11.5 Å². The summed E-state index contributed by atoms with van der Waals surface area (Å²) >= 11 is 0. The molecular weight excluding hydrogens is 228 g/mol. The molecule has 7 nitrogen and oxygen atoms in total. The highest BCUT2D eigenvalue weighted by atomic mass is 16.6. The third-order valence-corrected chi connectivity index (χ3v) is 2.14. The van der Waals surface area contributed by atoms with Gasteiger partial charge < -0.3 is 9.26 Å². The Morgan fingerprint density at radius 3 is 3.00 bits per heavy atom. The number of nitro groups is 1. The zero-order chi connectivity index (χ0) is 12.4. The van der Waals surface area contributed by atoms with Crippen LogP contribution in [0.15, 0.2) is 22.7 Å². The van der Waals surface area contributed by atoms with Crippen molar-refractivity contribution in [1.29, 1.82) is 0 Å². The van der Waals surface area contributed by atoms with Crippen LogP contribution in [-0.2, 0) is 4.74 Å². The summed E-state index contributed by atoms with van der Waals surface area (Å²) in [5, 5.41) is 14.4. The van der Waals surface area contributed by atoms with E-state index < -0.39 is 10.9 Å². The molecule has 0 unspecified atom stereocenters. The zero-order valence-electron chi connectivity index (χ0n) is 8.87. The molecule has 0 atom stereocenters. The molecule has 0 fully saturated rings. The molecule has 1 aromatic carbocycles. The third-order valence-electron chi connectivity index (χ3n) is 2.14. The van der Waals surface area contributed by atoms with Crippen LogP contribution in [0.3, 0.4) is 0 Å². The number of esters is 1. The van der Waals surface area contributed by atoms with E-state index in [2.05, 4.69) is 5.16 Å². The Morgan fingerprint density at radius 2 is 2.35 bits per heavy atom. The number of carbonyl (C=O) groups excluding carboxylic acids is 1. The number of carbonyl (C=O) groups is 1. The van der Waals surface area contributed by atoms with Gasteiger partial charge in [-0.3, -0.25) is 10.1 Å². The normalized spacial score (nSPS) is 10.4. The van der Waals surface area contributed by atoms with Crippen molar-refractivity contribution in [3.63, 3.8) is 0 Å². The van der Waals surface area contributed by atoms with Gasteiger partial charge >= 0.3 is 5.97 Å². The van der Waals surface area contributed by atoms with Crippen molar-refractivity contribution in [2.75, 3.05) is 6.61 Å². The molecule has 0 N–H and O–H groups in total. The molecule has 7 heteroatoms. The second kappa shape index (κ2) is 4.20. The number of hydrogen-bond donors (Lipinski definition) is 0. The fourth-order valence-electron chi connectivity index (χ4n) is 1.47. The van der Waals surface area contributed by atoms with Crippen molar-refractivity contribution in [3.8, 4) is 0 Å². The number of hydrogen-bond acceptors (Lipinski definition) is 6. The van der Waals surface area contributed by atoms with Crippen molar-refractivity contribution in [2.45, 2.75) is 6.92 Å². The molecule has 1 heterocycles. The fourth-order valence-corrected chi connectivity index (χ4v) is 1.47. The molecule has 0 aliphatic carbocycles. The quantitative estimate of drug-likeness (QED) is 0.458. The van der Waals surface area contributed by atoms with E-state index in [0.29, 0.717) is 0 Å². The molecule has 0 aliphatic rings. The number of non-ortho nitro benzene ring substituents is 1. The first-order valence-corrected chi connectivity index (χ1v) is 4.85. The average molecular weight is 236 g/mol. The highest BCUT2D eigenvalue weighted by Crippen LogP contribution is 2.28. The van der Waals surface area contributed by atoms with Gasteiger partial charge in [0, 0.05) is 6.07 Å². The van der Waals surface area contributed by atoms with Gasteiger partial charge in [0.1, 0.15) is 5.39 Å². The van der Waals surface area contributed by atoms with Crippen LogP contribution in [0.2, 0.25) is 0 Å². The summed E-state index contributed by atoms with van der Waals surface area (Å²) in [6.45, 7) is 1.79. The second-order valence-corrected chi connectivity index (χ2v) is 3.16. The lowest BCUT2D eigenvalue weighted by Crippen LogP contribution is -2.06. The molecule has 0 radical (unpaired) electrons. The van der Waals surface area contributed by atoms with Crippen molar-refractivity contribution in [3.05, 3.63) is 34.0 Å². The Labute approximate surface area is 95.1 Å². The molecule has 88 valence electrons. The van der Waals surface area contributed by atoms with Crippen LogP contribution in [0.4, 0.5) is 5.69 Å². The summed E-state index contributed by atoms with van der Waals surface area (Å²) in [6.07, 6.45) is 0. The predicted octanol–water partition coefficient (Wildman–Crippen LogP) is 1.91. The van der Waals surface area contributed by atoms with E-state index in [1.54, 1.807) is 6.92 Å². The summed E-state index contributed by atoms with van der Waals surface area (Å²) in [4.78, 5) is 21.8. The Kier molecular flexibility index (Phi) is 2.73. The minimum atomic E-state index is -0.736. The number of fused-ring (bicyclic) bond motifs is 1. The first-order chi connectivity index (χ1) is 8.15. The molecule has 0 aliphatic heterocycles. The van der Waals surface area contributed by atoms with E-state index in [4.69, 9.17) is 9.26 Å². The molecule has 2 aromatic rings. The van der Waals surface area contributed by atoms with E-state index in [0.717, 1.165) is 0 Å². The Morgan fingerprint density at radius 1 is 1.59 bits per heavy atom. The van der Waals surface area contributed by atoms with E-state index in [-0.39, 0.29) is 29.0 Å². The van der Waals surface area contributed by atoms with Crippen LogP contribution in [0.1, 0.15) is 17.4 Å². The Balaban J connectivity index is 2.65. The minimum absolute atomic E-state index is 0.0657. The lowest BCUT2D eigenvalue weighted by molar-refractivity contribution is -0.383. The summed E-state index contributed by atoms with van der Waals surface area (Å²) in [6, 6.07) is 4.24. The SMILES string of the molecule is CCOC(=O)c1noc2cccc([N+](=O)[O-])c12. The second-order valence-electron chi connectivity index (χ2n) is 3.16. The van der Waals surface area contributed by atoms with E-state index >= 15 is 0 Å². The summed E-state index contributed by atoms with van der Waals surface area (Å²) in [5.41, 5.74) is -0.219. The van der Waals surface area contributed by atoms with Crippen LogP contribution in [0.25, 0.3) is 11.0 Å². The van der Waals surface area contributed by atoms with Gasteiger partial charge in [0.15, 0.2) is 5.58 Å². The smallest absolute Gasteiger partial charge is 0.361 e. The zero-order valence-corrected chi connectivity index (χ0v) is 8.87. The number of nitrogens with zero attached hydrogens (tertiary/aromatic N) is 2. The monoisotopic (exact) mass is 236 g/mol. The molecule has 0 saturated heterocycles. The van der Waals surface area contributed by atoms with E-state index in [1.165, 1.54) is 18.2 Å². The summed E-state index contributed by atoms with van der Waals surface area (Å²) < 4.78 is 9.60. The van der Waals surface area contributed by atoms with Crippen LogP contribution in [0.5, 0.6) is 0 Å². The predicted molar refractivity (Wildman–Crippen MR) is 56.6 cm³/mol. The molecule has 0 saturated carbocycles. The highest BCUT2D eigenvalue weighted by Gasteiger charge is 2.25. The summed E-state index contributed by atoms with van der Waals surface area (Å²) in [5.74, 6) is -0.736. The molecule has 2 rings (SSSR count). The van der Waals surface area contributed by atoms with E-state index in [1.807, 2.05) is 0 Å². The van der Waals surface area contributed by atoms with Gasteiger partial charge in [-0.25, -0.2) is 4.79 Å². The Bertz CT molecular complexity index is 589. The van der Waals surface area contributed by atoms with Crippen molar-refractivity contribution in [1.82, 2.24) is 5.16 Å². The number of aromatic nitrogens is 1. The topological polar surface area (TPSA) is 95.5 Å². The van der Waals surface area contributed by atoms with Gasteiger partial charge in [0.2, 0.25) is 5.69 Å². The summed E-state index contributed by atoms with van der Waals surface area (Å²) in [7, 11) is 0. The Hall–Kier alpha value is -2.44. The molecule has 17 heavy (non-hydrogen) atoms. The van der Waals surface area contributed by atoms with Crippen molar-refractivity contribution < 1.29 is 19.0 Å². The minimum Gasteiger partial charge on any atom is -0.461 e. The maximum absolute atomic E-state index is 11.5. The van der Waals surface area contributed by atoms with Gasteiger partial charge in [-0.1, -0.05) is 11.2 Å². The number of ether oxygens (including phenoxy) is 1. The van der Waals surface area contributed by atoms with Crippen LogP contribution < -0.4 is 0 Å². The molecule has 0 bridgehead atoms. The average Bonchev–Trinajstić information content (AvgIpc) is 2.72. The first kappa shape index (κ1) is 11.1. The molecular formula is C10H8N2O5. The lowest BCUT2D eigenvalue weighted by Gasteiger charge is -1.97. The van der Waals surface area contributed by atoms with E-state index in [9.17, 15) is 14.9 Å². The highest BCUT2D eigenvalue weighted by molar-refractivity contribution is 6.05. The van der Waals surface area contributed by atoms with Crippen LogP contribution in [0, 0.1) is 10.1 Å². The molecule has 1 aromatic heterocycles. The number of nitro benzene ring substituents is 1. The van der Waals surface area contributed by atoms with Gasteiger partial charge in [-0.05, 0) is 13.0 Å². The molecule has 0 spiro atoms. The largest absolute Gasteiger partial charge is 0.461 e. The van der Waals surface area contributed by atoms with Crippen molar-refractivity contribution in [2.24, 2.45) is 0 Å². The maximum atomic E-state index is 11.5. The van der Waals surface area contributed by atoms with Gasteiger partial charge in [0.25, 0.3) is 5.69 Å². The van der Waals surface area contributed by atoms with Crippen LogP contribution in [-0.4, -0.2) is 22.7 Å². The molecule has 0 amide bonds. The van der Waals surface area contributed by atoms with Crippen LogP contribution >= 0.6 is 0 Å². The first-order valence-electron chi connectivity index (χ1n) is 4.85. The lowest BCUT2D eigenvalue weighted by atomic mass is 10.2. The number of rotatable bonds is 3. The van der Waals surface area contributed by atoms with Crippen molar-refractivity contribution >= 4 is 22.6 Å². The number of benzene rings is 1. The fraction of sp³-hybridized carbons (Fsp3) is 0.200. The standard InChI is InChI=1S/C10H8N2O5/c1-2-16-10(13)9-8-6(12(14)15)4-3-5-7(8)17-11-9/h3-5H,2H2,1H3. The maximum Gasteiger partial charge on any atom is 0.361 e. The van der Waals surface area contributed by atoms with Gasteiger partial charge in [-0.2, -0.15) is 0 Å².